The van der Waals surface area contributed by atoms with Crippen molar-refractivity contribution in [3.63, 3.8) is 0 Å². The fraction of sp³-hybridized carbons (Fsp3) is 0.0769. The second-order valence-corrected chi connectivity index (χ2v) is 4.67. The van der Waals surface area contributed by atoms with Crippen LogP contribution in [0.15, 0.2) is 40.5 Å². The van der Waals surface area contributed by atoms with Gasteiger partial charge in [0.05, 0.1) is 5.69 Å². The van der Waals surface area contributed by atoms with E-state index in [0.717, 1.165) is 22.0 Å². The lowest BCUT2D eigenvalue weighted by molar-refractivity contribution is 0.569. The van der Waals surface area contributed by atoms with Crippen molar-refractivity contribution < 1.29 is 8.81 Å². The van der Waals surface area contributed by atoms with E-state index in [4.69, 9.17) is 4.42 Å². The van der Waals surface area contributed by atoms with E-state index in [-0.39, 0.29) is 5.82 Å². The van der Waals surface area contributed by atoms with Crippen LogP contribution in [-0.2, 0) is 0 Å². The van der Waals surface area contributed by atoms with Crippen molar-refractivity contribution in [3.05, 3.63) is 47.6 Å². The van der Waals surface area contributed by atoms with Crippen molar-refractivity contribution in [2.45, 2.75) is 6.92 Å². The van der Waals surface area contributed by atoms with Crippen LogP contribution in [0.25, 0.3) is 22.0 Å². The van der Waals surface area contributed by atoms with Crippen LogP contribution in [0.2, 0.25) is 0 Å². The van der Waals surface area contributed by atoms with E-state index < -0.39 is 0 Å². The van der Waals surface area contributed by atoms with E-state index in [1.165, 1.54) is 29.9 Å². The number of thiazole rings is 1. The zero-order valence-electron chi connectivity index (χ0n) is 9.55. The van der Waals surface area contributed by atoms with Gasteiger partial charge in [0, 0.05) is 10.9 Å². The quantitative estimate of drug-likeness (QED) is 0.701. The summed E-state index contributed by atoms with van der Waals surface area (Å²) in [5, 5.41) is 2.65. The monoisotopic (exact) mass is 260 g/mol. The third-order valence-electron chi connectivity index (χ3n) is 2.55. The van der Waals surface area contributed by atoms with Crippen LogP contribution in [0.1, 0.15) is 5.69 Å². The molecule has 3 aromatic rings. The molecule has 0 atom stereocenters. The van der Waals surface area contributed by atoms with Gasteiger partial charge >= 0.3 is 0 Å². The van der Waals surface area contributed by atoms with Gasteiger partial charge in [0.25, 0.3) is 0 Å². The maximum absolute atomic E-state index is 13.1. The minimum atomic E-state index is -0.264. The largest absolute Gasteiger partial charge is 0.442 e. The summed E-state index contributed by atoms with van der Waals surface area (Å²) in [4.78, 5) is 8.47. The molecule has 0 radical (unpaired) electrons. The van der Waals surface area contributed by atoms with Crippen LogP contribution in [0, 0.1) is 12.7 Å². The summed E-state index contributed by atoms with van der Waals surface area (Å²) in [5.41, 5.74) is 2.30. The number of benzene rings is 1. The molecule has 18 heavy (non-hydrogen) atoms. The summed E-state index contributed by atoms with van der Waals surface area (Å²) in [6, 6.07) is 6.39. The van der Waals surface area contributed by atoms with Crippen LogP contribution in [0.4, 0.5) is 4.39 Å². The zero-order valence-corrected chi connectivity index (χ0v) is 10.4. The normalized spacial score (nSPS) is 10.8. The highest BCUT2D eigenvalue weighted by Crippen LogP contribution is 2.30. The van der Waals surface area contributed by atoms with E-state index in [2.05, 4.69) is 9.97 Å². The van der Waals surface area contributed by atoms with Crippen LogP contribution < -0.4 is 0 Å². The minimum Gasteiger partial charge on any atom is -0.442 e. The summed E-state index contributed by atoms with van der Waals surface area (Å²) in [7, 11) is 0. The highest BCUT2D eigenvalue weighted by molar-refractivity contribution is 7.13. The summed E-state index contributed by atoms with van der Waals surface area (Å²) in [6.07, 6.45) is 1.39. The average Bonchev–Trinajstić information content (AvgIpc) is 2.97. The maximum Gasteiger partial charge on any atom is 0.181 e. The first-order chi connectivity index (χ1) is 8.74. The molecule has 3 nitrogen and oxygen atoms in total. The van der Waals surface area contributed by atoms with Crippen molar-refractivity contribution in [1.29, 1.82) is 0 Å². The second-order valence-electron chi connectivity index (χ2n) is 3.82. The molecule has 0 fully saturated rings. The third kappa shape index (κ3) is 1.93. The first kappa shape index (κ1) is 11.1. The molecular formula is C13H9FN2OS. The Morgan fingerprint density at radius 2 is 2.22 bits per heavy atom. The molecule has 0 aliphatic rings. The number of hydrogen-bond donors (Lipinski definition) is 0. The lowest BCUT2D eigenvalue weighted by Crippen LogP contribution is -1.81. The van der Waals surface area contributed by atoms with Gasteiger partial charge in [-0.1, -0.05) is 12.1 Å². The van der Waals surface area contributed by atoms with E-state index >= 15 is 0 Å². The summed E-state index contributed by atoms with van der Waals surface area (Å²) in [6.45, 7) is 1.86. The van der Waals surface area contributed by atoms with Crippen LogP contribution in [0.3, 0.4) is 0 Å². The fourth-order valence-corrected chi connectivity index (χ4v) is 2.48. The predicted octanol–water partition coefficient (Wildman–Crippen LogP) is 3.91. The number of oxazole rings is 1. The lowest BCUT2D eigenvalue weighted by Gasteiger charge is -1.95. The van der Waals surface area contributed by atoms with E-state index in [0.29, 0.717) is 5.76 Å². The summed E-state index contributed by atoms with van der Waals surface area (Å²) in [5.74, 6) is 0.397. The second kappa shape index (κ2) is 4.34. The standard InChI is InChI=1S/C13H9FN2OS/c1-8-12(17-7-15-8)11-6-18-13(16-11)9-3-2-4-10(14)5-9/h2-7H,1H3. The molecule has 1 aromatic carbocycles. The van der Waals surface area contributed by atoms with Crippen molar-refractivity contribution in [3.8, 4) is 22.0 Å². The van der Waals surface area contributed by atoms with Gasteiger partial charge in [-0.15, -0.1) is 11.3 Å². The Balaban J connectivity index is 2.02. The molecule has 0 amide bonds. The zero-order chi connectivity index (χ0) is 12.5. The molecule has 0 unspecified atom stereocenters. The van der Waals surface area contributed by atoms with Gasteiger partial charge in [-0.05, 0) is 19.1 Å². The maximum atomic E-state index is 13.1. The molecule has 0 spiro atoms. The van der Waals surface area contributed by atoms with Gasteiger partial charge in [-0.25, -0.2) is 14.4 Å². The molecule has 5 heteroatoms. The first-order valence-corrected chi connectivity index (χ1v) is 6.24. The number of rotatable bonds is 2. The molecule has 0 saturated carbocycles. The molecular weight excluding hydrogens is 251 g/mol. The molecule has 2 aromatic heterocycles. The van der Waals surface area contributed by atoms with Crippen LogP contribution in [0.5, 0.6) is 0 Å². The van der Waals surface area contributed by atoms with Gasteiger partial charge in [-0.3, -0.25) is 0 Å². The van der Waals surface area contributed by atoms with Crippen molar-refractivity contribution in [1.82, 2.24) is 9.97 Å². The van der Waals surface area contributed by atoms with Gasteiger partial charge in [-0.2, -0.15) is 0 Å². The van der Waals surface area contributed by atoms with Gasteiger partial charge in [0.1, 0.15) is 16.5 Å². The predicted molar refractivity (Wildman–Crippen MR) is 67.7 cm³/mol. The Bertz CT molecular complexity index is 690. The molecule has 0 bridgehead atoms. The van der Waals surface area contributed by atoms with Crippen molar-refractivity contribution in [2.75, 3.05) is 0 Å². The molecule has 3 rings (SSSR count). The van der Waals surface area contributed by atoms with E-state index in [1.807, 2.05) is 18.4 Å². The number of hydrogen-bond acceptors (Lipinski definition) is 4. The summed E-state index contributed by atoms with van der Waals surface area (Å²) < 4.78 is 18.4. The Morgan fingerprint density at radius 3 is 2.94 bits per heavy atom. The molecule has 0 aliphatic heterocycles. The fourth-order valence-electron chi connectivity index (χ4n) is 1.68. The van der Waals surface area contributed by atoms with Gasteiger partial charge in [0.15, 0.2) is 12.2 Å². The molecule has 0 N–H and O–H groups in total. The Hall–Kier alpha value is -2.01. The molecule has 2 heterocycles. The molecule has 0 saturated heterocycles. The van der Waals surface area contributed by atoms with Gasteiger partial charge in [0.2, 0.25) is 0 Å². The lowest BCUT2D eigenvalue weighted by atomic mass is 10.2. The summed E-state index contributed by atoms with van der Waals surface area (Å²) >= 11 is 1.45. The number of nitrogens with zero attached hydrogens (tertiary/aromatic N) is 2. The van der Waals surface area contributed by atoms with Gasteiger partial charge < -0.3 is 4.42 Å². The van der Waals surface area contributed by atoms with Crippen LogP contribution in [-0.4, -0.2) is 9.97 Å². The number of aryl methyl sites for hydroxylation is 1. The smallest absolute Gasteiger partial charge is 0.181 e. The van der Waals surface area contributed by atoms with Crippen molar-refractivity contribution >= 4 is 11.3 Å². The Morgan fingerprint density at radius 1 is 1.33 bits per heavy atom. The Kier molecular flexibility index (Phi) is 2.68. The third-order valence-corrected chi connectivity index (χ3v) is 3.45. The van der Waals surface area contributed by atoms with Crippen LogP contribution >= 0.6 is 11.3 Å². The SMILES string of the molecule is Cc1ncoc1-c1csc(-c2cccc(F)c2)n1. The highest BCUT2D eigenvalue weighted by atomic mass is 32.1. The van der Waals surface area contributed by atoms with E-state index in [9.17, 15) is 4.39 Å². The average molecular weight is 260 g/mol. The number of aromatic nitrogens is 2. The number of halogens is 1. The topological polar surface area (TPSA) is 38.9 Å². The molecule has 0 aliphatic carbocycles. The van der Waals surface area contributed by atoms with Crippen molar-refractivity contribution in [2.24, 2.45) is 0 Å². The highest BCUT2D eigenvalue weighted by Gasteiger charge is 2.12. The Labute approximate surface area is 107 Å². The van der Waals surface area contributed by atoms with E-state index in [1.54, 1.807) is 6.07 Å². The first-order valence-electron chi connectivity index (χ1n) is 5.36. The molecule has 90 valence electrons. The minimum absolute atomic E-state index is 0.264.